The lowest BCUT2D eigenvalue weighted by molar-refractivity contribution is 0.740. The maximum Gasteiger partial charge on any atom is 0.0869 e. The second-order valence-electron chi connectivity index (χ2n) is 2.97. The Morgan fingerprint density at radius 3 is 2.50 bits per heavy atom. The highest BCUT2D eigenvalue weighted by molar-refractivity contribution is 6.40. The van der Waals surface area contributed by atoms with E-state index >= 15 is 0 Å². The molecule has 0 saturated heterocycles. The average Bonchev–Trinajstić information content (AvgIpc) is 2.10. The van der Waals surface area contributed by atoms with Crippen molar-refractivity contribution in [1.29, 1.82) is 0 Å². The molecule has 0 N–H and O–H groups in total. The lowest BCUT2D eigenvalue weighted by atomic mass is 9.90. The minimum Gasteiger partial charge on any atom is -0.112 e. The Balaban J connectivity index is 2.86. The van der Waals surface area contributed by atoms with Crippen LogP contribution in [0.25, 0.3) is 0 Å². The van der Waals surface area contributed by atoms with Crippen molar-refractivity contribution in [3.05, 3.63) is 29.2 Å². The van der Waals surface area contributed by atoms with E-state index in [0.29, 0.717) is 0 Å². The summed E-state index contributed by atoms with van der Waals surface area (Å²) in [5.74, 6) is 0. The molecule has 0 aliphatic heterocycles. The molecule has 1 aliphatic carbocycles. The van der Waals surface area contributed by atoms with Crippen molar-refractivity contribution in [3.63, 3.8) is 0 Å². The second-order valence-corrected chi connectivity index (χ2v) is 4.05. The molecule has 1 radical (unpaired) electrons. The molecule has 0 aromatic rings. The fourth-order valence-electron chi connectivity index (χ4n) is 1.22. The van der Waals surface area contributed by atoms with E-state index in [2.05, 4.69) is 13.3 Å². The van der Waals surface area contributed by atoms with Gasteiger partial charge in [0.05, 0.1) is 4.87 Å². The predicted molar refractivity (Wildman–Crippen MR) is 55.5 cm³/mol. The lowest BCUT2D eigenvalue weighted by Crippen LogP contribution is -2.24. The molecular weight excluding hydrogens is 191 g/mol. The minimum absolute atomic E-state index is 0.443. The Morgan fingerprint density at radius 2 is 2.00 bits per heavy atom. The molecule has 1 atom stereocenters. The number of alkyl halides is 1. The van der Waals surface area contributed by atoms with Crippen LogP contribution in [0.1, 0.15) is 26.7 Å². The van der Waals surface area contributed by atoms with Crippen LogP contribution >= 0.6 is 23.2 Å². The van der Waals surface area contributed by atoms with Crippen molar-refractivity contribution < 1.29 is 0 Å². The van der Waals surface area contributed by atoms with E-state index in [9.17, 15) is 0 Å². The molecule has 0 bridgehead atoms. The van der Waals surface area contributed by atoms with E-state index in [4.69, 9.17) is 23.2 Å². The first-order valence-electron chi connectivity index (χ1n) is 4.24. The van der Waals surface area contributed by atoms with Gasteiger partial charge < -0.3 is 0 Å². The van der Waals surface area contributed by atoms with Crippen LogP contribution in [0.3, 0.4) is 0 Å². The normalized spacial score (nSPS) is 29.7. The van der Waals surface area contributed by atoms with E-state index in [0.717, 1.165) is 17.9 Å². The summed E-state index contributed by atoms with van der Waals surface area (Å²) >= 11 is 12.3. The highest BCUT2D eigenvalue weighted by Crippen LogP contribution is 2.40. The molecule has 0 fully saturated rings. The Hall–Kier alpha value is 0.0600. The summed E-state index contributed by atoms with van der Waals surface area (Å²) in [6.45, 7) is 4.15. The topological polar surface area (TPSA) is 0 Å². The minimum atomic E-state index is -0.443. The van der Waals surface area contributed by atoms with Gasteiger partial charge in [0.15, 0.2) is 0 Å². The molecule has 1 rings (SSSR count). The summed E-state index contributed by atoms with van der Waals surface area (Å²) in [5, 5.41) is 0.726. The molecule has 0 heterocycles. The summed E-state index contributed by atoms with van der Waals surface area (Å²) < 4.78 is 0. The van der Waals surface area contributed by atoms with E-state index in [1.165, 1.54) is 5.57 Å². The molecule has 1 aliphatic rings. The SMILES string of the molecule is CCC1=CC=C(Cl)C(Cl)(CC)[CH]1. The van der Waals surface area contributed by atoms with Crippen LogP contribution in [0, 0.1) is 6.42 Å². The number of allylic oxidation sites excluding steroid dienone is 4. The van der Waals surface area contributed by atoms with Gasteiger partial charge in [0.1, 0.15) is 0 Å². The van der Waals surface area contributed by atoms with Gasteiger partial charge in [-0.2, -0.15) is 0 Å². The average molecular weight is 204 g/mol. The number of rotatable bonds is 2. The second kappa shape index (κ2) is 3.85. The number of hydrogen-bond donors (Lipinski definition) is 0. The summed E-state index contributed by atoms with van der Waals surface area (Å²) in [6.07, 6.45) is 7.82. The molecule has 0 aromatic heterocycles. The molecule has 0 amide bonds. The zero-order valence-corrected chi connectivity index (χ0v) is 8.91. The Morgan fingerprint density at radius 1 is 1.33 bits per heavy atom. The van der Waals surface area contributed by atoms with Crippen LogP contribution < -0.4 is 0 Å². The molecular formula is C10H13Cl2. The summed E-state index contributed by atoms with van der Waals surface area (Å²) in [6, 6.07) is 0. The fraction of sp³-hybridized carbons (Fsp3) is 0.500. The first kappa shape index (κ1) is 10.1. The van der Waals surface area contributed by atoms with Gasteiger partial charge in [-0.25, -0.2) is 0 Å². The van der Waals surface area contributed by atoms with Gasteiger partial charge in [-0.1, -0.05) is 37.1 Å². The zero-order valence-electron chi connectivity index (χ0n) is 7.40. The van der Waals surface area contributed by atoms with E-state index in [1.54, 1.807) is 0 Å². The first-order chi connectivity index (χ1) is 5.62. The maximum atomic E-state index is 6.29. The van der Waals surface area contributed by atoms with Crippen molar-refractivity contribution in [2.75, 3.05) is 0 Å². The molecule has 67 valence electrons. The highest BCUT2D eigenvalue weighted by Gasteiger charge is 2.31. The largest absolute Gasteiger partial charge is 0.112 e. The quantitative estimate of drug-likeness (QED) is 0.595. The fourth-order valence-corrected chi connectivity index (χ4v) is 1.67. The van der Waals surface area contributed by atoms with E-state index < -0.39 is 4.87 Å². The monoisotopic (exact) mass is 203 g/mol. The van der Waals surface area contributed by atoms with Crippen molar-refractivity contribution in [3.8, 4) is 0 Å². The third-order valence-corrected chi connectivity index (χ3v) is 3.32. The predicted octanol–water partition coefficient (Wildman–Crippen LogP) is 4.05. The molecule has 1 unspecified atom stereocenters. The Bertz CT molecular complexity index is 228. The Kier molecular flexibility index (Phi) is 3.25. The van der Waals surface area contributed by atoms with Gasteiger partial charge in [-0.05, 0) is 18.9 Å². The van der Waals surface area contributed by atoms with E-state index in [1.807, 2.05) is 19.1 Å². The van der Waals surface area contributed by atoms with Crippen molar-refractivity contribution in [2.24, 2.45) is 0 Å². The van der Waals surface area contributed by atoms with Crippen LogP contribution in [0.4, 0.5) is 0 Å². The number of halogens is 2. The van der Waals surface area contributed by atoms with Gasteiger partial charge in [-0.15, -0.1) is 11.6 Å². The van der Waals surface area contributed by atoms with Crippen LogP contribution in [-0.2, 0) is 0 Å². The highest BCUT2D eigenvalue weighted by atomic mass is 35.5. The van der Waals surface area contributed by atoms with Gasteiger partial charge in [0, 0.05) is 11.5 Å². The molecule has 0 spiro atoms. The molecule has 12 heavy (non-hydrogen) atoms. The van der Waals surface area contributed by atoms with Crippen molar-refractivity contribution in [2.45, 2.75) is 31.6 Å². The van der Waals surface area contributed by atoms with Crippen molar-refractivity contribution in [1.82, 2.24) is 0 Å². The van der Waals surface area contributed by atoms with Gasteiger partial charge in [0.2, 0.25) is 0 Å². The van der Waals surface area contributed by atoms with Crippen LogP contribution in [0.2, 0.25) is 0 Å². The van der Waals surface area contributed by atoms with Gasteiger partial charge in [-0.3, -0.25) is 0 Å². The standard InChI is InChI=1S/C10H13Cl2/c1-3-8-5-6-9(11)10(12,4-2)7-8/h5-7H,3-4H2,1-2H3. The zero-order chi connectivity index (χ0) is 9.19. The summed E-state index contributed by atoms with van der Waals surface area (Å²) in [7, 11) is 0. The van der Waals surface area contributed by atoms with Gasteiger partial charge >= 0.3 is 0 Å². The van der Waals surface area contributed by atoms with Crippen LogP contribution in [0.5, 0.6) is 0 Å². The summed E-state index contributed by atoms with van der Waals surface area (Å²) in [5.41, 5.74) is 1.26. The van der Waals surface area contributed by atoms with Crippen LogP contribution in [0.15, 0.2) is 22.8 Å². The smallest absolute Gasteiger partial charge is 0.0869 e. The molecule has 0 aromatic carbocycles. The third kappa shape index (κ3) is 1.86. The molecule has 0 nitrogen and oxygen atoms in total. The number of hydrogen-bond acceptors (Lipinski definition) is 0. The maximum absolute atomic E-state index is 6.29. The first-order valence-corrected chi connectivity index (χ1v) is 4.99. The Labute approximate surface area is 84.2 Å². The third-order valence-electron chi connectivity index (χ3n) is 2.18. The van der Waals surface area contributed by atoms with Gasteiger partial charge in [0.25, 0.3) is 0 Å². The molecule has 0 saturated carbocycles. The van der Waals surface area contributed by atoms with Crippen LogP contribution in [-0.4, -0.2) is 4.87 Å². The van der Waals surface area contributed by atoms with Crippen molar-refractivity contribution >= 4 is 23.2 Å². The molecule has 2 heteroatoms. The lowest BCUT2D eigenvalue weighted by Gasteiger charge is -2.28. The van der Waals surface area contributed by atoms with E-state index in [-0.39, 0.29) is 0 Å². The summed E-state index contributed by atoms with van der Waals surface area (Å²) in [4.78, 5) is -0.443.